The highest BCUT2D eigenvalue weighted by Crippen LogP contribution is 2.30. The highest BCUT2D eigenvalue weighted by molar-refractivity contribution is 5.45. The van der Waals surface area contributed by atoms with Gasteiger partial charge in [-0.25, -0.2) is 4.68 Å². The normalized spacial score (nSPS) is 21.4. The topological polar surface area (TPSA) is 60.0 Å². The van der Waals surface area contributed by atoms with E-state index in [2.05, 4.69) is 23.9 Å². The van der Waals surface area contributed by atoms with Crippen molar-refractivity contribution in [1.82, 2.24) is 14.8 Å². The van der Waals surface area contributed by atoms with Crippen LogP contribution in [0.3, 0.4) is 0 Å². The van der Waals surface area contributed by atoms with Crippen LogP contribution < -0.4 is 10.6 Å². The largest absolute Gasteiger partial charge is 0.327 e. The van der Waals surface area contributed by atoms with Crippen LogP contribution in [-0.2, 0) is 0 Å². The lowest BCUT2D eigenvalue weighted by atomic mass is 10.1. The minimum absolute atomic E-state index is 0.216. The third kappa shape index (κ3) is 1.05. The summed E-state index contributed by atoms with van der Waals surface area (Å²) in [6, 6.07) is 0.216. The number of nitrogens with two attached hydrogens (primary N) is 1. The van der Waals surface area contributed by atoms with Crippen molar-refractivity contribution in [3.8, 4) is 0 Å². The van der Waals surface area contributed by atoms with Crippen LogP contribution in [0.5, 0.6) is 0 Å². The molecule has 0 spiro atoms. The zero-order valence-corrected chi connectivity index (χ0v) is 8.73. The summed E-state index contributed by atoms with van der Waals surface area (Å²) in [5.74, 6) is 0.882. The second kappa shape index (κ2) is 3.09. The van der Waals surface area contributed by atoms with E-state index < -0.39 is 0 Å². The van der Waals surface area contributed by atoms with E-state index in [1.165, 1.54) is 11.3 Å². The Kier molecular flexibility index (Phi) is 2.03. The summed E-state index contributed by atoms with van der Waals surface area (Å²) in [5.41, 5.74) is 8.12. The molecular formula is C9H15N5. The zero-order chi connectivity index (χ0) is 10.3. The predicted octanol–water partition coefficient (Wildman–Crippen LogP) is 0.522. The first kappa shape index (κ1) is 9.21. The number of fused-ring (bicyclic) bond motifs is 1. The zero-order valence-electron chi connectivity index (χ0n) is 8.73. The fraction of sp³-hybridized carbons (Fsp3) is 0.556. The summed E-state index contributed by atoms with van der Waals surface area (Å²) < 4.78 is 1.90. The second-order valence-corrected chi connectivity index (χ2v) is 3.55. The van der Waals surface area contributed by atoms with E-state index in [0.717, 1.165) is 5.95 Å². The first-order valence-electron chi connectivity index (χ1n) is 4.69. The molecule has 2 heterocycles. The molecule has 76 valence electrons. The Balaban J connectivity index is 2.54. The molecule has 0 amide bonds. The van der Waals surface area contributed by atoms with Crippen molar-refractivity contribution in [3.63, 3.8) is 0 Å². The fourth-order valence-corrected chi connectivity index (χ4v) is 1.89. The van der Waals surface area contributed by atoms with Crippen LogP contribution in [0, 0.1) is 0 Å². The van der Waals surface area contributed by atoms with Crippen LogP contribution in [-0.4, -0.2) is 28.4 Å². The number of hydrogen-bond acceptors (Lipinski definition) is 4. The molecular weight excluding hydrogens is 178 g/mol. The van der Waals surface area contributed by atoms with E-state index in [1.807, 2.05) is 16.6 Å². The smallest absolute Gasteiger partial charge is 0.228 e. The van der Waals surface area contributed by atoms with Crippen molar-refractivity contribution in [2.45, 2.75) is 19.9 Å². The first-order valence-corrected chi connectivity index (χ1v) is 4.69. The molecule has 1 aliphatic heterocycles. The van der Waals surface area contributed by atoms with Gasteiger partial charge in [0.2, 0.25) is 5.95 Å². The SMILES string of the molecule is CC1=C(CN)C(C)n2ncnc2N1C. The van der Waals surface area contributed by atoms with Crippen LogP contribution in [0.25, 0.3) is 0 Å². The van der Waals surface area contributed by atoms with Gasteiger partial charge in [0.05, 0.1) is 6.04 Å². The Morgan fingerprint density at radius 3 is 2.93 bits per heavy atom. The van der Waals surface area contributed by atoms with Crippen LogP contribution in [0.2, 0.25) is 0 Å². The predicted molar refractivity (Wildman–Crippen MR) is 54.9 cm³/mol. The summed E-state index contributed by atoms with van der Waals surface area (Å²) in [6.45, 7) is 4.73. The Hall–Kier alpha value is -1.36. The van der Waals surface area contributed by atoms with Gasteiger partial charge in [-0.1, -0.05) is 0 Å². The molecule has 0 radical (unpaired) electrons. The molecule has 1 atom stereocenters. The van der Waals surface area contributed by atoms with E-state index in [0.29, 0.717) is 6.54 Å². The van der Waals surface area contributed by atoms with Crippen molar-refractivity contribution in [2.24, 2.45) is 5.73 Å². The van der Waals surface area contributed by atoms with Crippen molar-refractivity contribution in [2.75, 3.05) is 18.5 Å². The molecule has 2 N–H and O–H groups in total. The standard InChI is InChI=1S/C9H15N5/c1-6-8(4-10)7(2)14-9(13(6)3)11-5-12-14/h5,7H,4,10H2,1-3H3. The maximum Gasteiger partial charge on any atom is 0.228 e. The molecule has 5 heteroatoms. The van der Waals surface area contributed by atoms with Crippen LogP contribution in [0.1, 0.15) is 19.9 Å². The molecule has 1 aliphatic rings. The lowest BCUT2D eigenvalue weighted by Gasteiger charge is -2.31. The first-order chi connectivity index (χ1) is 6.66. The summed E-state index contributed by atoms with van der Waals surface area (Å²) in [5, 5.41) is 4.20. The van der Waals surface area contributed by atoms with E-state index in [4.69, 9.17) is 5.73 Å². The third-order valence-electron chi connectivity index (χ3n) is 2.91. The van der Waals surface area contributed by atoms with E-state index in [9.17, 15) is 0 Å². The minimum atomic E-state index is 0.216. The Morgan fingerprint density at radius 2 is 2.29 bits per heavy atom. The quantitative estimate of drug-likeness (QED) is 0.706. The number of allylic oxidation sites excluding steroid dienone is 1. The number of hydrogen-bond donors (Lipinski definition) is 1. The molecule has 14 heavy (non-hydrogen) atoms. The van der Waals surface area contributed by atoms with Gasteiger partial charge in [0.15, 0.2) is 0 Å². The summed E-state index contributed by atoms with van der Waals surface area (Å²) in [7, 11) is 1.98. The number of aromatic nitrogens is 3. The second-order valence-electron chi connectivity index (χ2n) is 3.55. The molecule has 0 fully saturated rings. The minimum Gasteiger partial charge on any atom is -0.327 e. The van der Waals surface area contributed by atoms with Crippen molar-refractivity contribution < 1.29 is 0 Å². The Labute approximate surface area is 83.2 Å². The van der Waals surface area contributed by atoms with E-state index in [-0.39, 0.29) is 6.04 Å². The van der Waals surface area contributed by atoms with Gasteiger partial charge < -0.3 is 10.6 Å². The maximum absolute atomic E-state index is 5.73. The Morgan fingerprint density at radius 1 is 1.57 bits per heavy atom. The van der Waals surface area contributed by atoms with Crippen LogP contribution in [0.15, 0.2) is 17.6 Å². The van der Waals surface area contributed by atoms with E-state index >= 15 is 0 Å². The maximum atomic E-state index is 5.73. The molecule has 1 unspecified atom stereocenters. The average Bonchev–Trinajstić information content (AvgIpc) is 2.64. The van der Waals surface area contributed by atoms with Crippen molar-refractivity contribution in [1.29, 1.82) is 0 Å². The van der Waals surface area contributed by atoms with Gasteiger partial charge in [-0.2, -0.15) is 10.1 Å². The molecule has 1 aromatic heterocycles. The van der Waals surface area contributed by atoms with E-state index in [1.54, 1.807) is 6.33 Å². The van der Waals surface area contributed by atoms with Crippen molar-refractivity contribution in [3.05, 3.63) is 17.6 Å². The highest BCUT2D eigenvalue weighted by atomic mass is 15.5. The third-order valence-corrected chi connectivity index (χ3v) is 2.91. The Bertz CT molecular complexity index is 378. The molecule has 2 rings (SSSR count). The number of anilines is 1. The molecule has 1 aromatic rings. The van der Waals surface area contributed by atoms with Crippen molar-refractivity contribution >= 4 is 5.95 Å². The molecule has 0 aliphatic carbocycles. The molecule has 0 aromatic carbocycles. The molecule has 0 saturated carbocycles. The van der Waals surface area contributed by atoms with Crippen LogP contribution in [0.4, 0.5) is 5.95 Å². The summed E-state index contributed by atoms with van der Waals surface area (Å²) in [6.07, 6.45) is 1.58. The molecule has 0 bridgehead atoms. The van der Waals surface area contributed by atoms with Gasteiger partial charge in [0, 0.05) is 19.3 Å². The van der Waals surface area contributed by atoms with Gasteiger partial charge in [-0.15, -0.1) is 0 Å². The monoisotopic (exact) mass is 193 g/mol. The lowest BCUT2D eigenvalue weighted by molar-refractivity contribution is 0.522. The van der Waals surface area contributed by atoms with Gasteiger partial charge in [-0.05, 0) is 19.4 Å². The number of nitrogens with zero attached hydrogens (tertiary/aromatic N) is 4. The fourth-order valence-electron chi connectivity index (χ4n) is 1.89. The van der Waals surface area contributed by atoms with Gasteiger partial charge in [0.1, 0.15) is 6.33 Å². The van der Waals surface area contributed by atoms with Gasteiger partial charge in [0.25, 0.3) is 0 Å². The number of rotatable bonds is 1. The average molecular weight is 193 g/mol. The summed E-state index contributed by atoms with van der Waals surface area (Å²) >= 11 is 0. The molecule has 0 saturated heterocycles. The highest BCUT2D eigenvalue weighted by Gasteiger charge is 2.26. The van der Waals surface area contributed by atoms with Crippen LogP contribution >= 0.6 is 0 Å². The lowest BCUT2D eigenvalue weighted by Crippen LogP contribution is -2.32. The summed E-state index contributed by atoms with van der Waals surface area (Å²) in [4.78, 5) is 6.23. The van der Waals surface area contributed by atoms with Gasteiger partial charge in [-0.3, -0.25) is 0 Å². The molecule has 5 nitrogen and oxygen atoms in total. The van der Waals surface area contributed by atoms with Gasteiger partial charge >= 0.3 is 0 Å².